The SMILES string of the molecule is Cc1nc(-n2nc(-c3ccco3)cc2NC(=O)c2ccc([N+](=O)[O-])o2)[nH]c(=O)c1C. The minimum absolute atomic E-state index is 0.0710. The number of amides is 1. The van der Waals surface area contributed by atoms with E-state index in [-0.39, 0.29) is 23.1 Å². The van der Waals surface area contributed by atoms with Crippen LogP contribution in [0.4, 0.5) is 11.7 Å². The fourth-order valence-electron chi connectivity index (χ4n) is 2.63. The highest BCUT2D eigenvalue weighted by molar-refractivity contribution is 6.02. The normalized spacial score (nSPS) is 10.9. The molecule has 4 aromatic heterocycles. The average molecular weight is 410 g/mol. The molecule has 0 radical (unpaired) electrons. The second kappa shape index (κ2) is 7.16. The number of aromatic nitrogens is 4. The number of hydrogen-bond donors (Lipinski definition) is 2. The highest BCUT2D eigenvalue weighted by atomic mass is 16.6. The highest BCUT2D eigenvalue weighted by Crippen LogP contribution is 2.25. The van der Waals surface area contributed by atoms with E-state index in [0.29, 0.717) is 22.7 Å². The van der Waals surface area contributed by atoms with E-state index in [1.807, 2.05) is 0 Å². The Balaban J connectivity index is 1.77. The molecule has 12 nitrogen and oxygen atoms in total. The maximum absolute atomic E-state index is 12.5. The summed E-state index contributed by atoms with van der Waals surface area (Å²) >= 11 is 0. The third-order valence-electron chi connectivity index (χ3n) is 4.30. The second-order valence-corrected chi connectivity index (χ2v) is 6.25. The van der Waals surface area contributed by atoms with Gasteiger partial charge in [-0.15, -0.1) is 0 Å². The molecular formula is C18H14N6O6. The van der Waals surface area contributed by atoms with Crippen molar-refractivity contribution in [3.05, 3.63) is 74.1 Å². The molecule has 0 aliphatic heterocycles. The van der Waals surface area contributed by atoms with E-state index in [4.69, 9.17) is 8.83 Å². The molecule has 2 N–H and O–H groups in total. The van der Waals surface area contributed by atoms with E-state index in [1.54, 1.807) is 26.0 Å². The van der Waals surface area contributed by atoms with Crippen molar-refractivity contribution in [2.24, 2.45) is 0 Å². The van der Waals surface area contributed by atoms with E-state index in [1.165, 1.54) is 23.1 Å². The molecule has 0 bridgehead atoms. The Hall–Kier alpha value is -4.48. The number of furan rings is 2. The lowest BCUT2D eigenvalue weighted by Crippen LogP contribution is -2.20. The van der Waals surface area contributed by atoms with Gasteiger partial charge in [-0.25, -0.2) is 4.98 Å². The topological polar surface area (TPSA) is 162 Å². The summed E-state index contributed by atoms with van der Waals surface area (Å²) < 4.78 is 11.5. The largest absolute Gasteiger partial charge is 0.463 e. The zero-order valence-electron chi connectivity index (χ0n) is 15.7. The fraction of sp³-hybridized carbons (Fsp3) is 0.111. The number of carbonyl (C=O) groups is 1. The van der Waals surface area contributed by atoms with E-state index in [9.17, 15) is 19.7 Å². The van der Waals surface area contributed by atoms with Gasteiger partial charge in [0.25, 0.3) is 11.5 Å². The van der Waals surface area contributed by atoms with Crippen LogP contribution in [0, 0.1) is 24.0 Å². The van der Waals surface area contributed by atoms with Gasteiger partial charge >= 0.3 is 5.88 Å². The van der Waals surface area contributed by atoms with Gasteiger partial charge in [0.15, 0.2) is 11.5 Å². The number of hydrogen-bond acceptors (Lipinski definition) is 8. The molecule has 0 saturated carbocycles. The molecule has 0 spiro atoms. The first-order chi connectivity index (χ1) is 14.3. The standard InChI is InChI=1S/C18H14N6O6/c1-9-10(2)19-18(21-16(9)25)23-14(8-11(22-23)12-4-3-7-29-12)20-17(26)13-5-6-15(30-13)24(27)28/h3-8H,1-2H3,(H,20,26)(H,19,21,25). The minimum Gasteiger partial charge on any atom is -0.463 e. The first kappa shape index (κ1) is 18.9. The average Bonchev–Trinajstić information content (AvgIpc) is 3.45. The maximum atomic E-state index is 12.5. The number of anilines is 1. The predicted molar refractivity (Wildman–Crippen MR) is 102 cm³/mol. The van der Waals surface area contributed by atoms with E-state index < -0.39 is 16.7 Å². The van der Waals surface area contributed by atoms with Crippen LogP contribution >= 0.6 is 0 Å². The van der Waals surface area contributed by atoms with Crippen molar-refractivity contribution in [3.8, 4) is 17.4 Å². The van der Waals surface area contributed by atoms with Gasteiger partial charge in [0.2, 0.25) is 5.95 Å². The first-order valence-electron chi connectivity index (χ1n) is 8.61. The van der Waals surface area contributed by atoms with Crippen LogP contribution in [0.15, 0.2) is 50.2 Å². The second-order valence-electron chi connectivity index (χ2n) is 6.25. The summed E-state index contributed by atoms with van der Waals surface area (Å²) in [5, 5.41) is 17.7. The Kier molecular flexibility index (Phi) is 4.50. The van der Waals surface area contributed by atoms with Crippen molar-refractivity contribution in [1.29, 1.82) is 0 Å². The van der Waals surface area contributed by atoms with Crippen LogP contribution in [-0.2, 0) is 0 Å². The summed E-state index contributed by atoms with van der Waals surface area (Å²) in [7, 11) is 0. The van der Waals surface area contributed by atoms with Crippen LogP contribution < -0.4 is 10.9 Å². The molecule has 0 unspecified atom stereocenters. The first-order valence-corrected chi connectivity index (χ1v) is 8.61. The Morgan fingerprint density at radius 3 is 2.73 bits per heavy atom. The molecule has 0 atom stereocenters. The molecule has 0 aromatic carbocycles. The number of rotatable bonds is 5. The number of H-pyrrole nitrogens is 1. The number of nitrogens with zero attached hydrogens (tertiary/aromatic N) is 4. The van der Waals surface area contributed by atoms with Crippen molar-refractivity contribution < 1.29 is 18.6 Å². The van der Waals surface area contributed by atoms with Crippen LogP contribution in [-0.4, -0.2) is 30.6 Å². The number of nitrogens with one attached hydrogen (secondary N) is 2. The molecule has 152 valence electrons. The van der Waals surface area contributed by atoms with Crippen molar-refractivity contribution in [2.75, 3.05) is 5.32 Å². The van der Waals surface area contributed by atoms with Gasteiger partial charge in [0.1, 0.15) is 16.4 Å². The highest BCUT2D eigenvalue weighted by Gasteiger charge is 2.21. The van der Waals surface area contributed by atoms with Gasteiger partial charge in [0, 0.05) is 17.3 Å². The van der Waals surface area contributed by atoms with Crippen LogP contribution in [0.2, 0.25) is 0 Å². The lowest BCUT2D eigenvalue weighted by molar-refractivity contribution is -0.402. The summed E-state index contributed by atoms with van der Waals surface area (Å²) in [6, 6.07) is 7.10. The third kappa shape index (κ3) is 3.37. The molecule has 12 heteroatoms. The minimum atomic E-state index is -0.750. The summed E-state index contributed by atoms with van der Waals surface area (Å²) in [4.78, 5) is 41.6. The summed E-state index contributed by atoms with van der Waals surface area (Å²) in [5.74, 6) is -0.954. The third-order valence-corrected chi connectivity index (χ3v) is 4.30. The predicted octanol–water partition coefficient (Wildman–Crippen LogP) is 2.59. The quantitative estimate of drug-likeness (QED) is 0.374. The van der Waals surface area contributed by atoms with Crippen LogP contribution in [0.25, 0.3) is 17.4 Å². The zero-order chi connectivity index (χ0) is 21.4. The van der Waals surface area contributed by atoms with Crippen molar-refractivity contribution >= 4 is 17.6 Å². The number of aryl methyl sites for hydroxylation is 1. The van der Waals surface area contributed by atoms with Crippen molar-refractivity contribution in [3.63, 3.8) is 0 Å². The van der Waals surface area contributed by atoms with Gasteiger partial charge in [0.05, 0.1) is 12.3 Å². The Morgan fingerprint density at radius 2 is 2.10 bits per heavy atom. The fourth-order valence-corrected chi connectivity index (χ4v) is 2.63. The van der Waals surface area contributed by atoms with Gasteiger partial charge in [-0.2, -0.15) is 9.78 Å². The number of carbonyl (C=O) groups excluding carboxylic acids is 1. The maximum Gasteiger partial charge on any atom is 0.433 e. The molecule has 4 rings (SSSR count). The van der Waals surface area contributed by atoms with Crippen molar-refractivity contribution in [2.45, 2.75) is 13.8 Å². The van der Waals surface area contributed by atoms with E-state index in [0.717, 1.165) is 6.07 Å². The molecule has 0 saturated heterocycles. The summed E-state index contributed by atoms with van der Waals surface area (Å²) in [6.45, 7) is 3.31. The van der Waals surface area contributed by atoms with E-state index in [2.05, 4.69) is 20.4 Å². The van der Waals surface area contributed by atoms with Crippen LogP contribution in [0.5, 0.6) is 0 Å². The Labute approximate surface area is 167 Å². The Morgan fingerprint density at radius 1 is 1.30 bits per heavy atom. The van der Waals surface area contributed by atoms with Gasteiger partial charge in [-0.1, -0.05) is 0 Å². The van der Waals surface area contributed by atoms with Gasteiger partial charge in [-0.05, 0) is 32.0 Å². The summed E-state index contributed by atoms with van der Waals surface area (Å²) in [6.07, 6.45) is 1.46. The molecule has 0 aliphatic rings. The van der Waals surface area contributed by atoms with E-state index >= 15 is 0 Å². The molecule has 4 heterocycles. The smallest absolute Gasteiger partial charge is 0.433 e. The molecule has 30 heavy (non-hydrogen) atoms. The lowest BCUT2D eigenvalue weighted by Gasteiger charge is -2.08. The van der Waals surface area contributed by atoms with Gasteiger partial charge < -0.3 is 14.2 Å². The number of nitro groups is 1. The monoisotopic (exact) mass is 410 g/mol. The number of aromatic amines is 1. The lowest BCUT2D eigenvalue weighted by atomic mass is 10.3. The van der Waals surface area contributed by atoms with Gasteiger partial charge in [-0.3, -0.25) is 24.7 Å². The molecule has 4 aromatic rings. The molecule has 0 fully saturated rings. The Bertz CT molecular complexity index is 1310. The summed E-state index contributed by atoms with van der Waals surface area (Å²) in [5.41, 5.74) is 0.946. The molecule has 0 aliphatic carbocycles. The van der Waals surface area contributed by atoms with Crippen LogP contribution in [0.1, 0.15) is 21.8 Å². The molecular weight excluding hydrogens is 396 g/mol. The zero-order valence-corrected chi connectivity index (χ0v) is 15.7. The van der Waals surface area contributed by atoms with Crippen molar-refractivity contribution in [1.82, 2.24) is 19.7 Å². The van der Waals surface area contributed by atoms with Crippen LogP contribution in [0.3, 0.4) is 0 Å². The molecule has 1 amide bonds.